The summed E-state index contributed by atoms with van der Waals surface area (Å²) in [5.41, 5.74) is 0. The normalized spacial score (nSPS) is 22.2. The van der Waals surface area contributed by atoms with Crippen LogP contribution in [0.2, 0.25) is 0 Å². The minimum absolute atomic E-state index is 0.00694. The van der Waals surface area contributed by atoms with Crippen LogP contribution in [-0.4, -0.2) is 114 Å². The Kier molecular flexibility index (Phi) is 26.5. The summed E-state index contributed by atoms with van der Waals surface area (Å²) in [7, 11) is 9.59. The van der Waals surface area contributed by atoms with Gasteiger partial charge in [0.2, 0.25) is 0 Å². The summed E-state index contributed by atoms with van der Waals surface area (Å²) >= 11 is 0.00694. The van der Waals surface area contributed by atoms with Crippen LogP contribution in [-0.2, 0) is 51.3 Å². The van der Waals surface area contributed by atoms with Crippen molar-refractivity contribution < 1.29 is 51.3 Å². The van der Waals surface area contributed by atoms with E-state index in [4.69, 9.17) is 39.1 Å². The molecule has 1 aliphatic rings. The summed E-state index contributed by atoms with van der Waals surface area (Å²) in [5, 5.41) is 17.0. The van der Waals surface area contributed by atoms with Gasteiger partial charge in [0, 0.05) is 65.0 Å². The maximum absolute atomic E-state index is 11.8. The number of nitrogens with one attached hydrogen (secondary N) is 5. The standard InChI is InChI=1S/C26H49N5O8.2ClH.Mn/c1-5-23(32)36-15-19-11-27-9-10-28-20(16-37-24(33)6-2)12-30-22(18-39-26(35)8-4)14-31-21(13-29-19)17-38-25(34)7-3;;;/h19-22,27-31H,5-18H2,1-4H3;2*1H;/q;;;+2/p-2/t19-,20+,21+,22-;;;/m0.../s1. The van der Waals surface area contributed by atoms with Crippen molar-refractivity contribution in [3.8, 4) is 0 Å². The number of carbonyl (C=O) groups excluding carboxylic acids is 4. The molecule has 5 N–H and O–H groups in total. The molecule has 0 aromatic carbocycles. The third-order valence-electron chi connectivity index (χ3n) is 6.02. The third kappa shape index (κ3) is 22.3. The number of rotatable bonds is 12. The zero-order chi connectivity index (χ0) is 31.6. The van der Waals surface area contributed by atoms with Crippen LogP contribution in [0.1, 0.15) is 53.4 Å². The van der Waals surface area contributed by atoms with Gasteiger partial charge in [0.05, 0.1) is 24.2 Å². The Morgan fingerprint density at radius 3 is 1.14 bits per heavy atom. The first-order chi connectivity index (χ1) is 20.2. The number of hydrogen-bond donors (Lipinski definition) is 5. The van der Waals surface area contributed by atoms with Gasteiger partial charge in [-0.1, -0.05) is 27.7 Å². The molecule has 0 bridgehead atoms. The van der Waals surface area contributed by atoms with E-state index in [-0.39, 0.29) is 100 Å². The molecule has 42 heavy (non-hydrogen) atoms. The van der Waals surface area contributed by atoms with E-state index in [1.165, 1.54) is 0 Å². The van der Waals surface area contributed by atoms with Crippen LogP contribution in [0, 0.1) is 0 Å². The van der Waals surface area contributed by atoms with Gasteiger partial charge in [-0.2, -0.15) is 0 Å². The second-order valence-corrected chi connectivity index (χ2v) is 11.3. The number of esters is 4. The van der Waals surface area contributed by atoms with Crippen molar-refractivity contribution in [2.24, 2.45) is 0 Å². The van der Waals surface area contributed by atoms with Crippen LogP contribution in [0.25, 0.3) is 0 Å². The maximum atomic E-state index is 11.8. The molecule has 1 heterocycles. The molecular weight excluding hydrogens is 636 g/mol. The van der Waals surface area contributed by atoms with Crippen molar-refractivity contribution in [3.63, 3.8) is 0 Å². The third-order valence-corrected chi connectivity index (χ3v) is 6.02. The molecule has 1 aliphatic heterocycles. The number of ether oxygens (including phenoxy) is 4. The fourth-order valence-corrected chi connectivity index (χ4v) is 3.51. The molecule has 1 saturated heterocycles. The number of carbonyl (C=O) groups is 4. The fraction of sp³-hybridized carbons (Fsp3) is 0.846. The van der Waals surface area contributed by atoms with E-state index in [0.717, 1.165) is 0 Å². The number of halogens is 2. The molecule has 0 spiro atoms. The average molecular weight is 686 g/mol. The number of hydrogen-bond acceptors (Lipinski definition) is 13. The first-order valence-corrected chi connectivity index (χ1v) is 17.6. The summed E-state index contributed by atoms with van der Waals surface area (Å²) in [6.45, 7) is 10.8. The Labute approximate surface area is 264 Å². The summed E-state index contributed by atoms with van der Waals surface area (Å²) in [6.07, 6.45) is 1.13. The SMILES string of the molecule is CCC(=O)OC[C@H]1CN[C@H](COC(=O)CC)CN[C@@H](COC(=O)CC)CN[C@H](COC(=O)CC)CNCCN1.[Cl][Mn][Cl]. The van der Waals surface area contributed by atoms with Crippen LogP contribution in [0.4, 0.5) is 0 Å². The van der Waals surface area contributed by atoms with E-state index in [9.17, 15) is 19.2 Å². The predicted octanol–water partition coefficient (Wildman–Crippen LogP) is 0.612. The molecule has 1 fully saturated rings. The van der Waals surface area contributed by atoms with Gasteiger partial charge in [0.15, 0.2) is 0 Å². The van der Waals surface area contributed by atoms with E-state index in [0.29, 0.717) is 52.1 Å². The van der Waals surface area contributed by atoms with Crippen molar-refractivity contribution in [2.75, 3.05) is 65.7 Å². The molecule has 247 valence electrons. The molecule has 1 rings (SSSR count). The predicted molar refractivity (Wildman–Crippen MR) is 157 cm³/mol. The van der Waals surface area contributed by atoms with Gasteiger partial charge in [0.1, 0.15) is 26.4 Å². The van der Waals surface area contributed by atoms with Crippen LogP contribution in [0.15, 0.2) is 0 Å². The van der Waals surface area contributed by atoms with E-state index >= 15 is 0 Å². The molecule has 16 heteroatoms. The molecular formula is C26H49Cl2MnN5O8. The first kappa shape index (κ1) is 40.8. The van der Waals surface area contributed by atoms with Crippen LogP contribution >= 0.6 is 20.2 Å². The van der Waals surface area contributed by atoms with Gasteiger partial charge in [-0.3, -0.25) is 19.2 Å². The Bertz CT molecular complexity index is 701. The fourth-order valence-electron chi connectivity index (χ4n) is 3.51. The van der Waals surface area contributed by atoms with Gasteiger partial charge < -0.3 is 45.5 Å². The Morgan fingerprint density at radius 2 is 0.833 bits per heavy atom. The van der Waals surface area contributed by atoms with E-state index in [2.05, 4.69) is 26.6 Å². The molecule has 0 aromatic rings. The second-order valence-electron chi connectivity index (χ2n) is 9.37. The average Bonchev–Trinajstić information content (AvgIpc) is 3.00. The van der Waals surface area contributed by atoms with Crippen molar-refractivity contribution in [3.05, 3.63) is 0 Å². The summed E-state index contributed by atoms with van der Waals surface area (Å²) < 4.78 is 21.5. The topological polar surface area (TPSA) is 165 Å². The Balaban J connectivity index is 0.00000535. The Hall–Kier alpha value is -1.22. The van der Waals surface area contributed by atoms with Crippen LogP contribution < -0.4 is 26.6 Å². The summed E-state index contributed by atoms with van der Waals surface area (Å²) in [5.74, 6) is -1.16. The molecule has 13 nitrogen and oxygen atoms in total. The Morgan fingerprint density at radius 1 is 0.548 bits per heavy atom. The zero-order valence-electron chi connectivity index (χ0n) is 25.1. The first-order valence-electron chi connectivity index (χ1n) is 14.4. The molecule has 0 unspecified atom stereocenters. The molecule has 0 amide bonds. The molecule has 0 aromatic heterocycles. The molecule has 0 saturated carbocycles. The van der Waals surface area contributed by atoms with Crippen molar-refractivity contribution in [1.29, 1.82) is 0 Å². The summed E-state index contributed by atoms with van der Waals surface area (Å²) in [6, 6.07) is -0.837. The van der Waals surface area contributed by atoms with Crippen molar-refractivity contribution in [2.45, 2.75) is 77.5 Å². The van der Waals surface area contributed by atoms with Gasteiger partial charge in [0.25, 0.3) is 0 Å². The minimum atomic E-state index is -0.301. The van der Waals surface area contributed by atoms with Gasteiger partial charge in [-0.25, -0.2) is 0 Å². The molecule has 0 radical (unpaired) electrons. The second kappa shape index (κ2) is 27.3. The van der Waals surface area contributed by atoms with E-state index in [1.54, 1.807) is 27.7 Å². The van der Waals surface area contributed by atoms with Crippen LogP contribution in [0.3, 0.4) is 0 Å². The van der Waals surface area contributed by atoms with Gasteiger partial charge >= 0.3 is 57.2 Å². The van der Waals surface area contributed by atoms with Crippen LogP contribution in [0.5, 0.6) is 0 Å². The molecule has 4 atom stereocenters. The van der Waals surface area contributed by atoms with E-state index in [1.807, 2.05) is 0 Å². The monoisotopic (exact) mass is 684 g/mol. The molecule has 0 aliphatic carbocycles. The van der Waals surface area contributed by atoms with Gasteiger partial charge in [-0.15, -0.1) is 0 Å². The zero-order valence-corrected chi connectivity index (χ0v) is 27.8. The van der Waals surface area contributed by atoms with E-state index < -0.39 is 0 Å². The quantitative estimate of drug-likeness (QED) is 0.110. The van der Waals surface area contributed by atoms with Crippen molar-refractivity contribution >= 4 is 44.1 Å². The van der Waals surface area contributed by atoms with Crippen molar-refractivity contribution in [1.82, 2.24) is 26.6 Å². The van der Waals surface area contributed by atoms with Gasteiger partial charge in [-0.05, 0) is 0 Å². The summed E-state index contributed by atoms with van der Waals surface area (Å²) in [4.78, 5) is 47.1.